The summed E-state index contributed by atoms with van der Waals surface area (Å²) in [4.78, 5) is 2.39. The molecular formula is C18H26N2. The van der Waals surface area contributed by atoms with Crippen molar-refractivity contribution in [1.82, 2.24) is 10.2 Å². The second-order valence-corrected chi connectivity index (χ2v) is 6.02. The van der Waals surface area contributed by atoms with Crippen LogP contribution in [0.1, 0.15) is 36.8 Å². The van der Waals surface area contributed by atoms with E-state index in [2.05, 4.69) is 47.3 Å². The molecule has 2 nitrogen and oxygen atoms in total. The largest absolute Gasteiger partial charge is 0.319 e. The van der Waals surface area contributed by atoms with Crippen molar-refractivity contribution >= 4 is 0 Å². The van der Waals surface area contributed by atoms with Crippen LogP contribution in [-0.4, -0.2) is 31.6 Å². The van der Waals surface area contributed by atoms with E-state index in [0.29, 0.717) is 5.92 Å². The highest BCUT2D eigenvalue weighted by Gasteiger charge is 2.23. The Bertz CT molecular complexity index is 439. The highest BCUT2D eigenvalue weighted by atomic mass is 15.1. The van der Waals surface area contributed by atoms with Gasteiger partial charge >= 0.3 is 0 Å². The Balaban J connectivity index is 1.92. The molecule has 1 atom stereocenters. The molecule has 1 saturated carbocycles. The maximum Gasteiger partial charge on any atom is 0.0601 e. The topological polar surface area (TPSA) is 15.3 Å². The van der Waals surface area contributed by atoms with E-state index in [1.165, 1.54) is 24.0 Å². The average molecular weight is 270 g/mol. The maximum atomic E-state index is 5.48. The molecule has 0 aromatic heterocycles. The predicted molar refractivity (Wildman–Crippen MR) is 85.6 cm³/mol. The van der Waals surface area contributed by atoms with Crippen molar-refractivity contribution < 1.29 is 0 Å². The smallest absolute Gasteiger partial charge is 0.0601 e. The van der Waals surface area contributed by atoms with E-state index >= 15 is 0 Å². The van der Waals surface area contributed by atoms with Crippen molar-refractivity contribution in [2.45, 2.75) is 32.2 Å². The Morgan fingerprint density at radius 3 is 2.60 bits per heavy atom. The fraction of sp³-hybridized carbons (Fsp3) is 0.556. The molecule has 0 spiro atoms. The van der Waals surface area contributed by atoms with Gasteiger partial charge in [0.25, 0.3) is 0 Å². The summed E-state index contributed by atoms with van der Waals surface area (Å²) in [5.41, 5.74) is 2.76. The molecule has 0 radical (unpaired) electrons. The SMILES string of the molecule is C#CCN(Cc1ccc(C(C)CNC)cc1)CC1CC1. The number of benzene rings is 1. The minimum atomic E-state index is 0.558. The Labute approximate surface area is 123 Å². The van der Waals surface area contributed by atoms with Gasteiger partial charge in [0.1, 0.15) is 0 Å². The Hall–Kier alpha value is -1.30. The number of likely N-dealkylation sites (N-methyl/N-ethyl adjacent to an activating group) is 1. The van der Waals surface area contributed by atoms with E-state index in [1.807, 2.05) is 7.05 Å². The van der Waals surface area contributed by atoms with Gasteiger partial charge < -0.3 is 5.32 Å². The lowest BCUT2D eigenvalue weighted by Crippen LogP contribution is -2.26. The van der Waals surface area contributed by atoms with Gasteiger partial charge in [-0.15, -0.1) is 6.42 Å². The van der Waals surface area contributed by atoms with E-state index in [-0.39, 0.29) is 0 Å². The first-order valence-corrected chi connectivity index (χ1v) is 7.62. The van der Waals surface area contributed by atoms with Gasteiger partial charge in [0.05, 0.1) is 6.54 Å². The molecule has 0 heterocycles. The third kappa shape index (κ3) is 4.67. The van der Waals surface area contributed by atoms with Gasteiger partial charge in [0, 0.05) is 19.6 Å². The zero-order valence-corrected chi connectivity index (χ0v) is 12.7. The van der Waals surface area contributed by atoms with Crippen LogP contribution in [0.25, 0.3) is 0 Å². The standard InChI is InChI=1S/C18H26N2/c1-4-11-20(13-16-5-6-16)14-17-7-9-18(10-8-17)15(2)12-19-3/h1,7-10,15-16,19H,5-6,11-14H2,2-3H3. The molecule has 1 aliphatic rings. The summed E-state index contributed by atoms with van der Waals surface area (Å²) in [6, 6.07) is 9.00. The molecule has 108 valence electrons. The summed E-state index contributed by atoms with van der Waals surface area (Å²) in [6.45, 7) is 6.16. The van der Waals surface area contributed by atoms with Gasteiger partial charge in [-0.3, -0.25) is 4.90 Å². The van der Waals surface area contributed by atoms with Crippen LogP contribution in [0, 0.1) is 18.3 Å². The highest BCUT2D eigenvalue weighted by molar-refractivity contribution is 5.25. The molecule has 1 fully saturated rings. The van der Waals surface area contributed by atoms with E-state index < -0.39 is 0 Å². The highest BCUT2D eigenvalue weighted by Crippen LogP contribution is 2.30. The fourth-order valence-electron chi connectivity index (χ4n) is 2.61. The van der Waals surface area contributed by atoms with E-state index in [4.69, 9.17) is 6.42 Å². The first-order valence-electron chi connectivity index (χ1n) is 7.62. The number of rotatable bonds is 8. The Morgan fingerprint density at radius 2 is 2.05 bits per heavy atom. The molecule has 0 bridgehead atoms. The summed E-state index contributed by atoms with van der Waals surface area (Å²) in [6.07, 6.45) is 8.23. The van der Waals surface area contributed by atoms with Gasteiger partial charge in [0.15, 0.2) is 0 Å². The molecule has 20 heavy (non-hydrogen) atoms. The molecule has 1 aromatic carbocycles. The maximum absolute atomic E-state index is 5.48. The number of nitrogens with one attached hydrogen (secondary N) is 1. The van der Waals surface area contributed by atoms with Crippen LogP contribution in [-0.2, 0) is 6.54 Å². The molecular weight excluding hydrogens is 244 g/mol. The number of hydrogen-bond donors (Lipinski definition) is 1. The molecule has 1 N–H and O–H groups in total. The van der Waals surface area contributed by atoms with Crippen molar-refractivity contribution in [3.63, 3.8) is 0 Å². The summed E-state index contributed by atoms with van der Waals surface area (Å²) in [5.74, 6) is 4.23. The lowest BCUT2D eigenvalue weighted by molar-refractivity contribution is 0.286. The molecule has 1 unspecified atom stereocenters. The minimum Gasteiger partial charge on any atom is -0.319 e. The average Bonchev–Trinajstić information content (AvgIpc) is 3.24. The normalized spacial score (nSPS) is 16.1. The molecule has 0 aliphatic heterocycles. The van der Waals surface area contributed by atoms with Crippen LogP contribution in [0.2, 0.25) is 0 Å². The Morgan fingerprint density at radius 1 is 1.35 bits per heavy atom. The van der Waals surface area contributed by atoms with Crippen LogP contribution < -0.4 is 5.32 Å². The lowest BCUT2D eigenvalue weighted by Gasteiger charge is -2.20. The first-order chi connectivity index (χ1) is 9.72. The number of terminal acetylenes is 1. The predicted octanol–water partition coefficient (Wildman–Crippen LogP) is 2.85. The molecule has 1 aliphatic carbocycles. The van der Waals surface area contributed by atoms with E-state index in [0.717, 1.165) is 32.1 Å². The molecule has 0 saturated heterocycles. The number of nitrogens with zero attached hydrogens (tertiary/aromatic N) is 1. The second kappa shape index (κ2) is 7.47. The van der Waals surface area contributed by atoms with Crippen molar-refractivity contribution in [3.8, 4) is 12.3 Å². The van der Waals surface area contributed by atoms with Crippen LogP contribution in [0.5, 0.6) is 0 Å². The van der Waals surface area contributed by atoms with Gasteiger partial charge in [-0.25, -0.2) is 0 Å². The van der Waals surface area contributed by atoms with Crippen LogP contribution >= 0.6 is 0 Å². The third-order valence-corrected chi connectivity index (χ3v) is 3.99. The fourth-order valence-corrected chi connectivity index (χ4v) is 2.61. The quantitative estimate of drug-likeness (QED) is 0.731. The monoisotopic (exact) mass is 270 g/mol. The van der Waals surface area contributed by atoms with Crippen molar-refractivity contribution in [3.05, 3.63) is 35.4 Å². The Kier molecular flexibility index (Phi) is 5.64. The zero-order chi connectivity index (χ0) is 14.4. The lowest BCUT2D eigenvalue weighted by atomic mass is 10.00. The van der Waals surface area contributed by atoms with E-state index in [9.17, 15) is 0 Å². The second-order valence-electron chi connectivity index (χ2n) is 6.02. The van der Waals surface area contributed by atoms with Gasteiger partial charge in [-0.2, -0.15) is 0 Å². The number of hydrogen-bond acceptors (Lipinski definition) is 2. The van der Waals surface area contributed by atoms with Gasteiger partial charge in [-0.05, 0) is 42.9 Å². The molecule has 2 rings (SSSR count). The van der Waals surface area contributed by atoms with E-state index in [1.54, 1.807) is 0 Å². The van der Waals surface area contributed by atoms with Crippen LogP contribution in [0.15, 0.2) is 24.3 Å². The van der Waals surface area contributed by atoms with Crippen molar-refractivity contribution in [2.75, 3.05) is 26.7 Å². The van der Waals surface area contributed by atoms with Gasteiger partial charge in [-0.1, -0.05) is 37.1 Å². The molecule has 1 aromatic rings. The van der Waals surface area contributed by atoms with Crippen LogP contribution in [0.3, 0.4) is 0 Å². The summed E-state index contributed by atoms with van der Waals surface area (Å²) < 4.78 is 0. The van der Waals surface area contributed by atoms with Crippen LogP contribution in [0.4, 0.5) is 0 Å². The van der Waals surface area contributed by atoms with Crippen molar-refractivity contribution in [1.29, 1.82) is 0 Å². The first kappa shape index (κ1) is 15.1. The molecule has 0 amide bonds. The third-order valence-electron chi connectivity index (χ3n) is 3.99. The summed E-state index contributed by atoms with van der Waals surface area (Å²) >= 11 is 0. The summed E-state index contributed by atoms with van der Waals surface area (Å²) in [7, 11) is 2.00. The molecule has 2 heteroatoms. The summed E-state index contributed by atoms with van der Waals surface area (Å²) in [5, 5.41) is 3.23. The van der Waals surface area contributed by atoms with Crippen molar-refractivity contribution in [2.24, 2.45) is 5.92 Å². The minimum absolute atomic E-state index is 0.558. The zero-order valence-electron chi connectivity index (χ0n) is 12.7. The van der Waals surface area contributed by atoms with Gasteiger partial charge in [0.2, 0.25) is 0 Å².